The molecule has 2 heterocycles. The summed E-state index contributed by atoms with van der Waals surface area (Å²) in [6.45, 7) is 0.0842. The van der Waals surface area contributed by atoms with E-state index < -0.39 is 36.4 Å². The summed E-state index contributed by atoms with van der Waals surface area (Å²) in [5.74, 6) is -0.521. The highest BCUT2D eigenvalue weighted by molar-refractivity contribution is 6.32. The van der Waals surface area contributed by atoms with Gasteiger partial charge in [0.25, 0.3) is 0 Å². The van der Waals surface area contributed by atoms with Crippen molar-refractivity contribution >= 4 is 23.2 Å². The zero-order valence-electron chi connectivity index (χ0n) is 19.0. The molecule has 0 saturated carbocycles. The molecular weight excluding hydrogens is 541 g/mol. The number of halogens is 6. The SMILES string of the molecule is CC(O)c1nc(Cn2cc(-c3ccc(Cl)cc3)n(CC(O)C(F)(F)F)c2=O)nn1-c1ccc(F)cc1Cl. The summed E-state index contributed by atoms with van der Waals surface area (Å²) < 4.78 is 55.8. The average molecular weight is 560 g/mol. The molecular formula is C23H19Cl2F4N5O3. The van der Waals surface area contributed by atoms with Gasteiger partial charge in [-0.25, -0.2) is 18.9 Å². The van der Waals surface area contributed by atoms with Gasteiger partial charge in [0, 0.05) is 11.2 Å². The lowest BCUT2D eigenvalue weighted by atomic mass is 10.1. The summed E-state index contributed by atoms with van der Waals surface area (Å²) in [7, 11) is 0. The van der Waals surface area contributed by atoms with E-state index in [0.29, 0.717) is 10.6 Å². The van der Waals surface area contributed by atoms with E-state index in [1.54, 1.807) is 0 Å². The van der Waals surface area contributed by atoms with Gasteiger partial charge in [-0.05, 0) is 42.8 Å². The van der Waals surface area contributed by atoms with Gasteiger partial charge in [-0.3, -0.25) is 9.13 Å². The minimum absolute atomic E-state index is 0.00664. The molecule has 4 aromatic rings. The fourth-order valence-electron chi connectivity index (χ4n) is 3.64. The van der Waals surface area contributed by atoms with Crippen LogP contribution in [0.5, 0.6) is 0 Å². The second kappa shape index (κ2) is 10.3. The summed E-state index contributed by atoms with van der Waals surface area (Å²) in [6.07, 6.45) is -7.55. The molecule has 0 spiro atoms. The van der Waals surface area contributed by atoms with Crippen LogP contribution in [0.25, 0.3) is 16.9 Å². The quantitative estimate of drug-likeness (QED) is 0.328. The van der Waals surface area contributed by atoms with Crippen molar-refractivity contribution in [2.45, 2.75) is 38.4 Å². The van der Waals surface area contributed by atoms with Crippen LogP contribution < -0.4 is 5.69 Å². The Balaban J connectivity index is 1.78. The van der Waals surface area contributed by atoms with Crippen LogP contribution in [0.2, 0.25) is 10.0 Å². The number of hydrogen-bond donors (Lipinski definition) is 2. The third-order valence-corrected chi connectivity index (χ3v) is 5.97. The van der Waals surface area contributed by atoms with Crippen LogP contribution in [-0.2, 0) is 13.1 Å². The highest BCUT2D eigenvalue weighted by Crippen LogP contribution is 2.27. The number of alkyl halides is 3. The van der Waals surface area contributed by atoms with Crippen LogP contribution >= 0.6 is 23.2 Å². The Kier molecular flexibility index (Phi) is 7.47. The molecule has 14 heteroatoms. The molecule has 0 fully saturated rings. The molecule has 0 aliphatic heterocycles. The maximum atomic E-state index is 13.5. The Morgan fingerprint density at radius 3 is 2.35 bits per heavy atom. The standard InChI is InChI=1S/C23H19Cl2F4N5O3/c1-12(35)21-30-20(31-34(21)17-7-6-15(26)8-16(17)25)11-32-9-18(13-2-4-14(24)5-3-13)33(22(32)37)10-19(36)23(27,28)29/h2-9,12,19,35-36H,10-11H2,1H3. The molecule has 0 aliphatic carbocycles. The number of nitrogens with zero attached hydrogens (tertiary/aromatic N) is 5. The number of benzene rings is 2. The summed E-state index contributed by atoms with van der Waals surface area (Å²) in [4.78, 5) is 17.4. The normalized spacial score (nSPS) is 13.6. The second-order valence-electron chi connectivity index (χ2n) is 8.17. The average Bonchev–Trinajstić information content (AvgIpc) is 3.36. The molecule has 2 aromatic carbocycles. The van der Waals surface area contributed by atoms with Gasteiger partial charge in [0.1, 0.15) is 11.9 Å². The summed E-state index contributed by atoms with van der Waals surface area (Å²) in [5, 5.41) is 24.5. The molecule has 0 aliphatic rings. The Labute approximate surface area is 216 Å². The van der Waals surface area contributed by atoms with Crippen molar-refractivity contribution in [3.63, 3.8) is 0 Å². The summed E-state index contributed by atoms with van der Waals surface area (Å²) in [6, 6.07) is 9.59. The smallest absolute Gasteiger partial charge is 0.385 e. The Morgan fingerprint density at radius 1 is 1.08 bits per heavy atom. The van der Waals surface area contributed by atoms with Gasteiger partial charge in [-0.1, -0.05) is 35.3 Å². The lowest BCUT2D eigenvalue weighted by molar-refractivity contribution is -0.207. The molecule has 196 valence electrons. The Morgan fingerprint density at radius 2 is 1.76 bits per heavy atom. The van der Waals surface area contributed by atoms with Gasteiger partial charge >= 0.3 is 11.9 Å². The van der Waals surface area contributed by atoms with Crippen LogP contribution in [-0.4, -0.2) is 46.4 Å². The van der Waals surface area contributed by atoms with Crippen LogP contribution in [0.4, 0.5) is 17.6 Å². The number of hydrogen-bond acceptors (Lipinski definition) is 5. The van der Waals surface area contributed by atoms with Crippen molar-refractivity contribution in [2.75, 3.05) is 0 Å². The zero-order chi connectivity index (χ0) is 27.1. The first-order valence-electron chi connectivity index (χ1n) is 10.7. The predicted octanol–water partition coefficient (Wildman–Crippen LogP) is 4.37. The lowest BCUT2D eigenvalue weighted by Gasteiger charge is -2.16. The van der Waals surface area contributed by atoms with E-state index in [9.17, 15) is 32.6 Å². The molecule has 37 heavy (non-hydrogen) atoms. The van der Waals surface area contributed by atoms with Gasteiger partial charge in [0.15, 0.2) is 17.8 Å². The fraction of sp³-hybridized carbons (Fsp3) is 0.261. The van der Waals surface area contributed by atoms with Crippen LogP contribution in [0.15, 0.2) is 53.5 Å². The highest BCUT2D eigenvalue weighted by Gasteiger charge is 2.39. The molecule has 2 unspecified atom stereocenters. The van der Waals surface area contributed by atoms with Crippen molar-refractivity contribution < 1.29 is 27.8 Å². The minimum Gasteiger partial charge on any atom is -0.385 e. The predicted molar refractivity (Wildman–Crippen MR) is 127 cm³/mol. The van der Waals surface area contributed by atoms with Crippen molar-refractivity contribution in [3.05, 3.63) is 86.7 Å². The van der Waals surface area contributed by atoms with Gasteiger partial charge in [0.05, 0.1) is 29.5 Å². The molecule has 0 radical (unpaired) electrons. The highest BCUT2D eigenvalue weighted by atomic mass is 35.5. The Bertz CT molecular complexity index is 1480. The third-order valence-electron chi connectivity index (χ3n) is 5.42. The first kappa shape index (κ1) is 26.9. The lowest BCUT2D eigenvalue weighted by Crippen LogP contribution is -2.37. The van der Waals surface area contributed by atoms with Gasteiger partial charge in [-0.15, -0.1) is 5.10 Å². The third kappa shape index (κ3) is 5.72. The molecule has 2 atom stereocenters. The van der Waals surface area contributed by atoms with E-state index >= 15 is 0 Å². The molecule has 8 nitrogen and oxygen atoms in total. The molecule has 4 rings (SSSR count). The van der Waals surface area contributed by atoms with Crippen LogP contribution in [0, 0.1) is 5.82 Å². The minimum atomic E-state index is -4.94. The number of aromatic nitrogens is 5. The van der Waals surface area contributed by atoms with Crippen LogP contribution in [0.1, 0.15) is 24.7 Å². The molecule has 0 bridgehead atoms. The van der Waals surface area contributed by atoms with E-state index in [-0.39, 0.29) is 34.6 Å². The first-order chi connectivity index (χ1) is 17.3. The van der Waals surface area contributed by atoms with E-state index in [1.165, 1.54) is 48.1 Å². The maximum Gasteiger partial charge on any atom is 0.416 e. The van der Waals surface area contributed by atoms with Crippen molar-refractivity contribution in [3.8, 4) is 16.9 Å². The van der Waals surface area contributed by atoms with E-state index in [2.05, 4.69) is 10.1 Å². The molecule has 0 amide bonds. The number of aliphatic hydroxyl groups excluding tert-OH is 2. The molecule has 2 aromatic heterocycles. The Hall–Kier alpha value is -3.19. The van der Waals surface area contributed by atoms with Gasteiger partial charge in [-0.2, -0.15) is 13.2 Å². The maximum absolute atomic E-state index is 13.5. The molecule has 2 N–H and O–H groups in total. The first-order valence-corrected chi connectivity index (χ1v) is 11.5. The molecule has 0 saturated heterocycles. The summed E-state index contributed by atoms with van der Waals surface area (Å²) in [5.41, 5.74) is -0.154. The second-order valence-corrected chi connectivity index (χ2v) is 9.01. The number of rotatable bonds is 7. The topological polar surface area (TPSA) is 98.1 Å². The van der Waals surface area contributed by atoms with Gasteiger partial charge < -0.3 is 10.2 Å². The van der Waals surface area contributed by atoms with Crippen molar-refractivity contribution in [1.29, 1.82) is 0 Å². The zero-order valence-corrected chi connectivity index (χ0v) is 20.5. The van der Waals surface area contributed by atoms with E-state index in [4.69, 9.17) is 23.2 Å². The van der Waals surface area contributed by atoms with Crippen LogP contribution in [0.3, 0.4) is 0 Å². The fourth-order valence-corrected chi connectivity index (χ4v) is 4.01. The van der Waals surface area contributed by atoms with Crippen molar-refractivity contribution in [1.82, 2.24) is 23.9 Å². The monoisotopic (exact) mass is 559 g/mol. The van der Waals surface area contributed by atoms with Crippen molar-refractivity contribution in [2.24, 2.45) is 0 Å². The summed E-state index contributed by atoms with van der Waals surface area (Å²) >= 11 is 12.0. The van der Waals surface area contributed by atoms with E-state index in [0.717, 1.165) is 21.3 Å². The van der Waals surface area contributed by atoms with E-state index in [1.807, 2.05) is 0 Å². The van der Waals surface area contributed by atoms with Gasteiger partial charge in [0.2, 0.25) is 0 Å². The number of imidazole rings is 1. The number of aliphatic hydroxyl groups is 2. The largest absolute Gasteiger partial charge is 0.416 e.